The van der Waals surface area contributed by atoms with Gasteiger partial charge in [-0.05, 0) is 24.8 Å². The predicted octanol–water partition coefficient (Wildman–Crippen LogP) is 2.37. The van der Waals surface area contributed by atoms with Gasteiger partial charge in [0, 0.05) is 18.6 Å². The smallest absolute Gasteiger partial charge is 0.174 e. The van der Waals surface area contributed by atoms with E-state index in [0.717, 1.165) is 12.8 Å². The number of hydrogen-bond acceptors (Lipinski definition) is 4. The quantitative estimate of drug-likeness (QED) is 0.804. The van der Waals surface area contributed by atoms with Crippen LogP contribution in [0.15, 0.2) is 30.4 Å². The van der Waals surface area contributed by atoms with Gasteiger partial charge in [0.2, 0.25) is 0 Å². The average molecular weight is 284 g/mol. The minimum absolute atomic E-state index is 0.0408. The molecule has 4 atom stereocenters. The predicted molar refractivity (Wildman–Crippen MR) is 75.4 cm³/mol. The van der Waals surface area contributed by atoms with Gasteiger partial charge in [0.05, 0.1) is 17.1 Å². The van der Waals surface area contributed by atoms with Crippen molar-refractivity contribution in [3.05, 3.63) is 41.5 Å². The summed E-state index contributed by atoms with van der Waals surface area (Å²) in [5.74, 6) is -1.09. The maximum atomic E-state index is 12.9. The minimum atomic E-state index is -0.702. The van der Waals surface area contributed by atoms with Crippen LogP contribution < -0.4 is 0 Å². The number of allylic oxidation sites excluding steroid dienone is 1. The van der Waals surface area contributed by atoms with Crippen molar-refractivity contribution in [2.45, 2.75) is 18.4 Å². The molecule has 0 spiro atoms. The summed E-state index contributed by atoms with van der Waals surface area (Å²) in [7, 11) is 1.59. The molecule has 0 saturated heterocycles. The summed E-state index contributed by atoms with van der Waals surface area (Å²) in [6.45, 7) is 0. The van der Waals surface area contributed by atoms with E-state index in [4.69, 9.17) is 4.74 Å². The molecule has 5 rings (SSSR count). The second-order valence-corrected chi connectivity index (χ2v) is 6.15. The number of ether oxygens (including phenoxy) is 1. The van der Waals surface area contributed by atoms with Gasteiger partial charge in [-0.15, -0.1) is 0 Å². The summed E-state index contributed by atoms with van der Waals surface area (Å²) in [4.78, 5) is 25.8. The van der Waals surface area contributed by atoms with Gasteiger partial charge in [-0.1, -0.05) is 24.3 Å². The normalized spacial score (nSPS) is 36.5. The van der Waals surface area contributed by atoms with Gasteiger partial charge in [0.25, 0.3) is 0 Å². The van der Waals surface area contributed by atoms with Crippen LogP contribution in [0.4, 0.5) is 0 Å². The molecule has 0 heterocycles. The summed E-state index contributed by atoms with van der Waals surface area (Å²) in [6, 6.07) is 4.71. The Bertz CT molecular complexity index is 690. The van der Waals surface area contributed by atoms with Crippen molar-refractivity contribution in [1.82, 2.24) is 0 Å². The second kappa shape index (κ2) is 4.04. The number of phenolic OH excluding ortho intramolecular Hbond substituents is 1. The largest absolute Gasteiger partial charge is 0.507 e. The average Bonchev–Trinajstić information content (AvgIpc) is 2.52. The van der Waals surface area contributed by atoms with Gasteiger partial charge in [-0.3, -0.25) is 9.59 Å². The van der Waals surface area contributed by atoms with Crippen molar-refractivity contribution in [3.8, 4) is 5.75 Å². The molecule has 1 N–H and O–H groups in total. The second-order valence-electron chi connectivity index (χ2n) is 6.15. The molecule has 21 heavy (non-hydrogen) atoms. The lowest BCUT2D eigenvalue weighted by atomic mass is 9.53. The molecule has 0 radical (unpaired) electrons. The Kier molecular flexibility index (Phi) is 2.46. The fourth-order valence-corrected chi connectivity index (χ4v) is 4.34. The highest BCUT2D eigenvalue weighted by atomic mass is 16.5. The van der Waals surface area contributed by atoms with Crippen LogP contribution in [0.1, 0.15) is 33.6 Å². The zero-order chi connectivity index (χ0) is 14.8. The minimum Gasteiger partial charge on any atom is -0.507 e. The third-order valence-corrected chi connectivity index (χ3v) is 5.36. The first kappa shape index (κ1) is 12.8. The van der Waals surface area contributed by atoms with Crippen molar-refractivity contribution in [2.75, 3.05) is 7.11 Å². The van der Waals surface area contributed by atoms with E-state index in [1.54, 1.807) is 19.2 Å². The van der Waals surface area contributed by atoms with Gasteiger partial charge in [-0.2, -0.15) is 0 Å². The molecule has 2 bridgehead atoms. The highest BCUT2D eigenvalue weighted by molar-refractivity contribution is 6.18. The number of methoxy groups -OCH3 is 1. The lowest BCUT2D eigenvalue weighted by molar-refractivity contribution is -0.0692. The van der Waals surface area contributed by atoms with Gasteiger partial charge < -0.3 is 9.84 Å². The molecule has 4 aliphatic rings. The molecule has 1 aromatic rings. The van der Waals surface area contributed by atoms with Crippen LogP contribution in [-0.2, 0) is 4.74 Å². The number of phenols is 1. The molecule has 1 saturated carbocycles. The van der Waals surface area contributed by atoms with Crippen molar-refractivity contribution >= 4 is 11.6 Å². The van der Waals surface area contributed by atoms with Crippen LogP contribution in [0, 0.1) is 17.8 Å². The van der Waals surface area contributed by atoms with E-state index >= 15 is 0 Å². The Balaban J connectivity index is 1.96. The third-order valence-electron chi connectivity index (χ3n) is 5.36. The molecule has 4 aliphatic carbocycles. The number of hydrogen-bond donors (Lipinski definition) is 1. The summed E-state index contributed by atoms with van der Waals surface area (Å²) in [6.07, 6.45) is 5.57. The summed E-state index contributed by atoms with van der Waals surface area (Å²) < 4.78 is 5.67. The maximum Gasteiger partial charge on any atom is 0.174 e. The van der Waals surface area contributed by atoms with E-state index in [0.29, 0.717) is 5.56 Å². The molecule has 108 valence electrons. The molecular formula is C17H16O4. The fraction of sp³-hybridized carbons (Fsp3) is 0.412. The molecule has 0 amide bonds. The SMILES string of the molecule is CO[C@]12C=C[C@H](CC1)[C@H]1C(=O)c3cccc(O)c3C(=O)[C@@H]12. The number of carbonyl (C=O) groups is 2. The first-order valence-electron chi connectivity index (χ1n) is 7.24. The number of ketones is 2. The lowest BCUT2D eigenvalue weighted by Crippen LogP contribution is -2.58. The molecule has 0 aliphatic heterocycles. The summed E-state index contributed by atoms with van der Waals surface area (Å²) in [5.41, 5.74) is -0.179. The molecular weight excluding hydrogens is 268 g/mol. The van der Waals surface area contributed by atoms with Crippen LogP contribution in [0.2, 0.25) is 0 Å². The summed E-state index contributed by atoms with van der Waals surface area (Å²) >= 11 is 0. The van der Waals surface area contributed by atoms with Crippen LogP contribution >= 0.6 is 0 Å². The van der Waals surface area contributed by atoms with E-state index in [1.807, 2.05) is 12.2 Å². The lowest BCUT2D eigenvalue weighted by Gasteiger charge is -2.52. The molecule has 4 nitrogen and oxygen atoms in total. The molecule has 1 aromatic carbocycles. The van der Waals surface area contributed by atoms with E-state index in [2.05, 4.69) is 0 Å². The van der Waals surface area contributed by atoms with E-state index in [1.165, 1.54) is 6.07 Å². The van der Waals surface area contributed by atoms with Crippen molar-refractivity contribution in [1.29, 1.82) is 0 Å². The zero-order valence-electron chi connectivity index (χ0n) is 11.7. The molecule has 1 fully saturated rings. The van der Waals surface area contributed by atoms with Crippen LogP contribution in [0.3, 0.4) is 0 Å². The van der Waals surface area contributed by atoms with Gasteiger partial charge >= 0.3 is 0 Å². The number of fused-ring (bicyclic) bond motifs is 2. The van der Waals surface area contributed by atoms with Crippen LogP contribution in [-0.4, -0.2) is 29.4 Å². The van der Waals surface area contributed by atoms with Gasteiger partial charge in [-0.25, -0.2) is 0 Å². The number of carbonyl (C=O) groups excluding carboxylic acids is 2. The Morgan fingerprint density at radius 1 is 1.29 bits per heavy atom. The van der Waals surface area contributed by atoms with E-state index in [-0.39, 0.29) is 34.7 Å². The standard InChI is InChI=1S/C17H16O4/c1-21-17-7-5-9(6-8-17)12-14(17)16(20)13-10(15(12)19)3-2-4-11(13)18/h2-5,7,9,12,14,18H,6,8H2,1H3/t9-,12-,14-,17-/m1/s1. The van der Waals surface area contributed by atoms with Crippen LogP contribution in [0.5, 0.6) is 5.75 Å². The van der Waals surface area contributed by atoms with Crippen molar-refractivity contribution < 1.29 is 19.4 Å². The first-order valence-corrected chi connectivity index (χ1v) is 7.24. The number of Topliss-reactive ketones (excluding diaryl/α,β-unsaturated/α-hetero) is 2. The first-order chi connectivity index (χ1) is 10.1. The highest BCUT2D eigenvalue weighted by Crippen LogP contribution is 2.54. The number of aromatic hydroxyl groups is 1. The van der Waals surface area contributed by atoms with E-state index < -0.39 is 11.5 Å². The van der Waals surface area contributed by atoms with Gasteiger partial charge in [0.1, 0.15) is 5.75 Å². The molecule has 0 unspecified atom stereocenters. The van der Waals surface area contributed by atoms with Crippen molar-refractivity contribution in [3.63, 3.8) is 0 Å². The van der Waals surface area contributed by atoms with E-state index in [9.17, 15) is 14.7 Å². The fourth-order valence-electron chi connectivity index (χ4n) is 4.34. The van der Waals surface area contributed by atoms with Crippen LogP contribution in [0.25, 0.3) is 0 Å². The Hall–Kier alpha value is -1.94. The molecule has 0 aromatic heterocycles. The molecule has 4 heteroatoms. The summed E-state index contributed by atoms with van der Waals surface area (Å²) in [5, 5.41) is 10.0. The number of rotatable bonds is 1. The Morgan fingerprint density at radius 3 is 2.76 bits per heavy atom. The van der Waals surface area contributed by atoms with Gasteiger partial charge in [0.15, 0.2) is 11.6 Å². The maximum absolute atomic E-state index is 12.9. The Labute approximate surface area is 122 Å². The zero-order valence-corrected chi connectivity index (χ0v) is 11.7. The van der Waals surface area contributed by atoms with Crippen molar-refractivity contribution in [2.24, 2.45) is 17.8 Å². The topological polar surface area (TPSA) is 63.6 Å². The Morgan fingerprint density at radius 2 is 2.10 bits per heavy atom. The third kappa shape index (κ3) is 1.43. The number of benzene rings is 1. The highest BCUT2D eigenvalue weighted by Gasteiger charge is 2.59. The monoisotopic (exact) mass is 284 g/mol.